The lowest BCUT2D eigenvalue weighted by Crippen LogP contribution is -2.04. The number of rotatable bonds is 9. The molecule has 0 spiro atoms. The number of unbranched alkanes of at least 4 members (excludes halogenated alkanes) is 2. The van der Waals surface area contributed by atoms with E-state index in [4.69, 9.17) is 14.6 Å². The van der Waals surface area contributed by atoms with Crippen molar-refractivity contribution in [2.24, 2.45) is 0 Å². The molecule has 1 heterocycles. The van der Waals surface area contributed by atoms with Gasteiger partial charge in [0.15, 0.2) is 0 Å². The number of esters is 1. The number of carboxylic acid groups (broad SMARTS) is 1. The van der Waals surface area contributed by atoms with Crippen LogP contribution < -0.4 is 4.74 Å². The second-order valence-electron chi connectivity index (χ2n) is 4.15. The van der Waals surface area contributed by atoms with Crippen molar-refractivity contribution in [3.05, 3.63) is 24.0 Å². The Kier molecular flexibility index (Phi) is 7.10. The lowest BCUT2D eigenvalue weighted by atomic mass is 10.2. The minimum Gasteiger partial charge on any atom is -0.492 e. The fourth-order valence-electron chi connectivity index (χ4n) is 1.56. The third kappa shape index (κ3) is 6.17. The highest BCUT2D eigenvalue weighted by Crippen LogP contribution is 2.10. The highest BCUT2D eigenvalue weighted by molar-refractivity contribution is 5.85. The molecule has 0 saturated heterocycles. The predicted octanol–water partition coefficient (Wildman–Crippen LogP) is 2.28. The maximum absolute atomic E-state index is 11.1. The first-order valence-electron chi connectivity index (χ1n) is 6.61. The average Bonchev–Trinajstić information content (AvgIpc) is 2.43. The van der Waals surface area contributed by atoms with Gasteiger partial charge in [-0.1, -0.05) is 0 Å². The topological polar surface area (TPSA) is 85.7 Å². The van der Waals surface area contributed by atoms with Crippen molar-refractivity contribution in [3.63, 3.8) is 0 Å². The smallest absolute Gasteiger partial charge is 0.354 e. The van der Waals surface area contributed by atoms with E-state index in [0.29, 0.717) is 25.4 Å². The largest absolute Gasteiger partial charge is 0.492 e. The minimum atomic E-state index is -1.06. The van der Waals surface area contributed by atoms with Gasteiger partial charge >= 0.3 is 11.9 Å². The first-order valence-corrected chi connectivity index (χ1v) is 6.61. The molecule has 1 aromatic heterocycles. The van der Waals surface area contributed by atoms with Crippen molar-refractivity contribution in [1.82, 2.24) is 4.98 Å². The number of carbonyl (C=O) groups is 2. The molecule has 0 aliphatic rings. The third-order valence-electron chi connectivity index (χ3n) is 2.55. The number of aromatic nitrogens is 1. The summed E-state index contributed by atoms with van der Waals surface area (Å²) in [6, 6.07) is 2.98. The molecule has 1 rings (SSSR count). The standard InChI is InChI=1S/C14H19NO5/c1-2-19-13(16)6-4-3-5-9-20-11-7-8-12(14(17)18)15-10-11/h7-8,10H,2-6,9H2,1H3,(H,17,18). The number of ether oxygens (including phenoxy) is 2. The van der Waals surface area contributed by atoms with Gasteiger partial charge in [-0.05, 0) is 38.3 Å². The molecule has 110 valence electrons. The van der Waals surface area contributed by atoms with Crippen molar-refractivity contribution in [1.29, 1.82) is 0 Å². The number of pyridine rings is 1. The zero-order valence-corrected chi connectivity index (χ0v) is 11.5. The average molecular weight is 281 g/mol. The van der Waals surface area contributed by atoms with Gasteiger partial charge in [0, 0.05) is 6.42 Å². The summed E-state index contributed by atoms with van der Waals surface area (Å²) < 4.78 is 10.2. The van der Waals surface area contributed by atoms with Crippen LogP contribution in [0.3, 0.4) is 0 Å². The number of carbonyl (C=O) groups excluding carboxylic acids is 1. The number of carboxylic acids is 1. The molecule has 0 atom stereocenters. The molecule has 0 radical (unpaired) electrons. The van der Waals surface area contributed by atoms with Gasteiger partial charge in [0.1, 0.15) is 11.4 Å². The van der Waals surface area contributed by atoms with E-state index in [9.17, 15) is 9.59 Å². The van der Waals surface area contributed by atoms with Crippen LogP contribution >= 0.6 is 0 Å². The summed E-state index contributed by atoms with van der Waals surface area (Å²) in [4.78, 5) is 25.4. The minimum absolute atomic E-state index is 0.00761. The van der Waals surface area contributed by atoms with Crippen LogP contribution in [0.15, 0.2) is 18.3 Å². The molecular formula is C14H19NO5. The summed E-state index contributed by atoms with van der Waals surface area (Å²) in [5, 5.41) is 8.69. The lowest BCUT2D eigenvalue weighted by Gasteiger charge is -2.06. The fourth-order valence-corrected chi connectivity index (χ4v) is 1.56. The van der Waals surface area contributed by atoms with E-state index in [-0.39, 0.29) is 11.7 Å². The first-order chi connectivity index (χ1) is 9.63. The van der Waals surface area contributed by atoms with Gasteiger partial charge in [-0.15, -0.1) is 0 Å². The number of aromatic carboxylic acids is 1. The van der Waals surface area contributed by atoms with Crippen LogP contribution in [0.4, 0.5) is 0 Å². The molecule has 1 aromatic rings. The van der Waals surface area contributed by atoms with Gasteiger partial charge in [-0.25, -0.2) is 9.78 Å². The van der Waals surface area contributed by atoms with Gasteiger partial charge in [0.05, 0.1) is 19.4 Å². The summed E-state index contributed by atoms with van der Waals surface area (Å²) in [7, 11) is 0. The molecule has 0 aromatic carbocycles. The number of nitrogens with zero attached hydrogens (tertiary/aromatic N) is 1. The van der Waals surface area contributed by atoms with Crippen LogP contribution in [0.2, 0.25) is 0 Å². The summed E-state index contributed by atoms with van der Waals surface area (Å²) in [5.41, 5.74) is -0.00761. The Morgan fingerprint density at radius 2 is 2.05 bits per heavy atom. The van der Waals surface area contributed by atoms with E-state index in [1.807, 2.05) is 0 Å². The van der Waals surface area contributed by atoms with E-state index < -0.39 is 5.97 Å². The van der Waals surface area contributed by atoms with Crippen LogP contribution in [0.1, 0.15) is 43.1 Å². The van der Waals surface area contributed by atoms with Gasteiger partial charge < -0.3 is 14.6 Å². The molecule has 1 N–H and O–H groups in total. The van der Waals surface area contributed by atoms with Gasteiger partial charge in [0.25, 0.3) is 0 Å². The van der Waals surface area contributed by atoms with Crippen molar-refractivity contribution < 1.29 is 24.2 Å². The first kappa shape index (κ1) is 15.9. The molecule has 0 saturated carbocycles. The molecule has 0 unspecified atom stereocenters. The van der Waals surface area contributed by atoms with Crippen molar-refractivity contribution in [3.8, 4) is 5.75 Å². The number of hydrogen-bond donors (Lipinski definition) is 1. The Morgan fingerprint density at radius 3 is 2.65 bits per heavy atom. The molecule has 0 amide bonds. The zero-order chi connectivity index (χ0) is 14.8. The summed E-state index contributed by atoms with van der Waals surface area (Å²) in [6.07, 6.45) is 4.29. The van der Waals surface area contributed by atoms with E-state index in [1.54, 1.807) is 13.0 Å². The van der Waals surface area contributed by atoms with Crippen molar-refractivity contribution >= 4 is 11.9 Å². The van der Waals surface area contributed by atoms with Gasteiger partial charge in [-0.2, -0.15) is 0 Å². The molecule has 6 nitrogen and oxygen atoms in total. The Balaban J connectivity index is 2.12. The molecule has 0 bridgehead atoms. The van der Waals surface area contributed by atoms with Crippen LogP contribution in [0.5, 0.6) is 5.75 Å². The highest BCUT2D eigenvalue weighted by Gasteiger charge is 2.04. The SMILES string of the molecule is CCOC(=O)CCCCCOc1ccc(C(=O)O)nc1. The maximum atomic E-state index is 11.1. The highest BCUT2D eigenvalue weighted by atomic mass is 16.5. The quantitative estimate of drug-likeness (QED) is 0.552. The fraction of sp³-hybridized carbons (Fsp3) is 0.500. The van der Waals surface area contributed by atoms with Gasteiger partial charge in [0.2, 0.25) is 0 Å². The van der Waals surface area contributed by atoms with Gasteiger partial charge in [-0.3, -0.25) is 4.79 Å². The molecule has 0 fully saturated rings. The van der Waals surface area contributed by atoms with Crippen LogP contribution in [-0.2, 0) is 9.53 Å². The van der Waals surface area contributed by atoms with Crippen molar-refractivity contribution in [2.75, 3.05) is 13.2 Å². The Morgan fingerprint density at radius 1 is 1.25 bits per heavy atom. The second-order valence-corrected chi connectivity index (χ2v) is 4.15. The second kappa shape index (κ2) is 8.90. The molecule has 20 heavy (non-hydrogen) atoms. The molecule has 6 heteroatoms. The Bertz CT molecular complexity index is 430. The van der Waals surface area contributed by atoms with Crippen LogP contribution in [0, 0.1) is 0 Å². The van der Waals surface area contributed by atoms with E-state index >= 15 is 0 Å². The predicted molar refractivity (Wildman–Crippen MR) is 71.8 cm³/mol. The molecule has 0 aliphatic heterocycles. The Labute approximate surface area is 117 Å². The van der Waals surface area contributed by atoms with E-state index in [2.05, 4.69) is 4.98 Å². The Hall–Kier alpha value is -2.11. The van der Waals surface area contributed by atoms with E-state index in [1.165, 1.54) is 12.3 Å². The summed E-state index contributed by atoms with van der Waals surface area (Å²) >= 11 is 0. The van der Waals surface area contributed by atoms with Crippen LogP contribution in [0.25, 0.3) is 0 Å². The third-order valence-corrected chi connectivity index (χ3v) is 2.55. The summed E-state index contributed by atoms with van der Waals surface area (Å²) in [5.74, 6) is -0.683. The monoisotopic (exact) mass is 281 g/mol. The summed E-state index contributed by atoms with van der Waals surface area (Å²) in [6.45, 7) is 2.72. The van der Waals surface area contributed by atoms with Crippen LogP contribution in [-0.4, -0.2) is 35.2 Å². The molecular weight excluding hydrogens is 262 g/mol. The number of hydrogen-bond acceptors (Lipinski definition) is 5. The zero-order valence-electron chi connectivity index (χ0n) is 11.5. The van der Waals surface area contributed by atoms with Crippen molar-refractivity contribution in [2.45, 2.75) is 32.6 Å². The maximum Gasteiger partial charge on any atom is 0.354 e. The lowest BCUT2D eigenvalue weighted by molar-refractivity contribution is -0.143. The van der Waals surface area contributed by atoms with E-state index in [0.717, 1.165) is 19.3 Å². The normalized spacial score (nSPS) is 10.1. The molecule has 0 aliphatic carbocycles.